The van der Waals surface area contributed by atoms with Crippen molar-refractivity contribution in [2.45, 2.75) is 0 Å². The van der Waals surface area contributed by atoms with E-state index < -0.39 is 31.7 Å². The highest BCUT2D eigenvalue weighted by Crippen LogP contribution is 1.90. The van der Waals surface area contributed by atoms with Crippen LogP contribution >= 0.6 is 0 Å². The zero-order valence-corrected chi connectivity index (χ0v) is 8.67. The Balaban J connectivity index is 2.64. The third-order valence-electron chi connectivity index (χ3n) is 1.22. The molecule has 2 N–H and O–H groups in total. The second-order valence-corrected chi connectivity index (χ2v) is 4.90. The zero-order valence-electron chi connectivity index (χ0n) is 5.85. The number of hydrogen-bond donors (Lipinski definition) is 2. The van der Waals surface area contributed by atoms with E-state index in [9.17, 15) is 9.59 Å². The lowest BCUT2D eigenvalue weighted by Gasteiger charge is -2.12. The van der Waals surface area contributed by atoms with Crippen LogP contribution in [0.1, 0.15) is 0 Å². The molecule has 0 spiro atoms. The van der Waals surface area contributed by atoms with E-state index in [0.29, 0.717) is 0 Å². The summed E-state index contributed by atoms with van der Waals surface area (Å²) < 4.78 is 5.04. The first-order valence-corrected chi connectivity index (χ1v) is 5.62. The second kappa shape index (κ2) is 3.46. The third kappa shape index (κ3) is 2.00. The van der Waals surface area contributed by atoms with Gasteiger partial charge in [-0.3, -0.25) is 9.59 Å². The van der Waals surface area contributed by atoms with Crippen molar-refractivity contribution in [2.24, 2.45) is 0 Å². The molecular weight excluding hydrogens is 180 g/mol. The fraction of sp³-hybridized carbons (Fsp3) is 0. The SMILES string of the molecule is C=C1C(=O)N[SiH2]O[SiH2]NC1=O. The zero-order chi connectivity index (χ0) is 8.27. The fourth-order valence-electron chi connectivity index (χ4n) is 0.601. The number of rotatable bonds is 0. The standard InChI is InChI=1S/C4H8N2O3Si2/c1-2-3(7)5-10-9-11-6-4(2)8/h1,10-11H2,(H,5,7)(H,6,8). The lowest BCUT2D eigenvalue weighted by atomic mass is 10.3. The second-order valence-electron chi connectivity index (χ2n) is 1.98. The molecule has 1 aliphatic rings. The summed E-state index contributed by atoms with van der Waals surface area (Å²) in [4.78, 5) is 26.8. The normalized spacial score (nSPS) is 24.2. The molecule has 11 heavy (non-hydrogen) atoms. The van der Waals surface area contributed by atoms with Crippen LogP contribution in [-0.4, -0.2) is 31.7 Å². The Labute approximate surface area is 68.2 Å². The molecule has 1 aliphatic heterocycles. The molecule has 5 nitrogen and oxygen atoms in total. The predicted molar refractivity (Wildman–Crippen MR) is 43.6 cm³/mol. The van der Waals surface area contributed by atoms with Gasteiger partial charge in [-0.1, -0.05) is 6.58 Å². The largest absolute Gasteiger partial charge is 0.433 e. The smallest absolute Gasteiger partial charge is 0.257 e. The molecule has 0 saturated carbocycles. The highest BCUT2D eigenvalue weighted by molar-refractivity contribution is 6.48. The molecule has 2 amide bonds. The molecule has 0 aliphatic carbocycles. The van der Waals surface area contributed by atoms with Gasteiger partial charge in [0.2, 0.25) is 11.8 Å². The first kappa shape index (κ1) is 8.17. The van der Waals surface area contributed by atoms with Crippen LogP contribution in [0.25, 0.3) is 0 Å². The maximum absolute atomic E-state index is 10.9. The first-order valence-electron chi connectivity index (χ1n) is 3.05. The molecule has 60 valence electrons. The van der Waals surface area contributed by atoms with Gasteiger partial charge in [-0.25, -0.2) is 0 Å². The van der Waals surface area contributed by atoms with Gasteiger partial charge in [0.1, 0.15) is 0 Å². The molecular formula is C4H8N2O3Si2. The highest BCUT2D eigenvalue weighted by atomic mass is 28.3. The molecule has 1 rings (SSSR count). The van der Waals surface area contributed by atoms with Gasteiger partial charge in [-0.2, -0.15) is 0 Å². The van der Waals surface area contributed by atoms with Gasteiger partial charge in [-0.05, 0) is 0 Å². The van der Waals surface area contributed by atoms with E-state index >= 15 is 0 Å². The van der Waals surface area contributed by atoms with Crippen molar-refractivity contribution < 1.29 is 13.7 Å². The van der Waals surface area contributed by atoms with E-state index in [2.05, 4.69) is 16.5 Å². The number of hydrogen-bond acceptors (Lipinski definition) is 3. The van der Waals surface area contributed by atoms with Gasteiger partial charge in [0.25, 0.3) is 19.8 Å². The van der Waals surface area contributed by atoms with Crippen molar-refractivity contribution in [1.82, 2.24) is 9.96 Å². The third-order valence-corrected chi connectivity index (χ3v) is 3.78. The summed E-state index contributed by atoms with van der Waals surface area (Å²) >= 11 is 0. The minimum atomic E-state index is -0.964. The molecule has 0 aromatic heterocycles. The lowest BCUT2D eigenvalue weighted by molar-refractivity contribution is -0.122. The van der Waals surface area contributed by atoms with E-state index in [0.717, 1.165) is 0 Å². The Kier molecular flexibility index (Phi) is 2.57. The summed E-state index contributed by atoms with van der Waals surface area (Å²) in [6, 6.07) is 0. The van der Waals surface area contributed by atoms with Gasteiger partial charge >= 0.3 is 0 Å². The topological polar surface area (TPSA) is 67.4 Å². The van der Waals surface area contributed by atoms with Crippen LogP contribution in [0, 0.1) is 0 Å². The predicted octanol–water partition coefficient (Wildman–Crippen LogP) is -3.20. The Morgan fingerprint density at radius 3 is 2.09 bits per heavy atom. The maximum Gasteiger partial charge on any atom is 0.257 e. The monoisotopic (exact) mass is 188 g/mol. The highest BCUT2D eigenvalue weighted by Gasteiger charge is 2.16. The molecule has 0 radical (unpaired) electrons. The van der Waals surface area contributed by atoms with Crippen LogP contribution < -0.4 is 9.96 Å². The van der Waals surface area contributed by atoms with Gasteiger partial charge in [0.05, 0.1) is 5.57 Å². The molecule has 7 heteroatoms. The molecule has 0 aromatic carbocycles. The lowest BCUT2D eigenvalue weighted by Crippen LogP contribution is -2.44. The van der Waals surface area contributed by atoms with Crippen molar-refractivity contribution in [3.63, 3.8) is 0 Å². The Morgan fingerprint density at radius 1 is 1.18 bits per heavy atom. The van der Waals surface area contributed by atoms with Crippen LogP contribution in [0.5, 0.6) is 0 Å². The van der Waals surface area contributed by atoms with Crippen LogP contribution in [-0.2, 0) is 13.7 Å². The quantitative estimate of drug-likeness (QED) is 0.239. The minimum Gasteiger partial charge on any atom is -0.433 e. The van der Waals surface area contributed by atoms with E-state index in [1.165, 1.54) is 0 Å². The number of amides is 2. The average Bonchev–Trinajstić information content (AvgIpc) is 2.00. The molecule has 1 saturated heterocycles. The number of carbonyl (C=O) groups is 2. The van der Waals surface area contributed by atoms with Crippen LogP contribution in [0.4, 0.5) is 0 Å². The molecule has 0 aromatic rings. The van der Waals surface area contributed by atoms with E-state index in [4.69, 9.17) is 4.12 Å². The van der Waals surface area contributed by atoms with E-state index in [1.54, 1.807) is 0 Å². The summed E-state index contributed by atoms with van der Waals surface area (Å²) in [6.45, 7) is 3.34. The average molecular weight is 188 g/mol. The van der Waals surface area contributed by atoms with Crippen molar-refractivity contribution in [3.8, 4) is 0 Å². The van der Waals surface area contributed by atoms with Crippen molar-refractivity contribution in [1.29, 1.82) is 0 Å². The summed E-state index contributed by atoms with van der Waals surface area (Å²) in [5.41, 5.74) is -0.0201. The Bertz CT molecular complexity index is 197. The van der Waals surface area contributed by atoms with Gasteiger partial charge in [0, 0.05) is 0 Å². The van der Waals surface area contributed by atoms with Gasteiger partial charge in [0.15, 0.2) is 0 Å². The number of nitrogens with one attached hydrogen (secondary N) is 2. The summed E-state index contributed by atoms with van der Waals surface area (Å²) in [5.74, 6) is -0.828. The molecule has 0 unspecified atom stereocenters. The Morgan fingerprint density at radius 2 is 1.64 bits per heavy atom. The van der Waals surface area contributed by atoms with Crippen molar-refractivity contribution >= 4 is 31.7 Å². The minimum absolute atomic E-state index is 0.0201. The molecule has 0 atom stereocenters. The first-order chi connectivity index (χ1) is 5.22. The van der Waals surface area contributed by atoms with Crippen LogP contribution in [0.3, 0.4) is 0 Å². The van der Waals surface area contributed by atoms with E-state index in [-0.39, 0.29) is 5.57 Å². The van der Waals surface area contributed by atoms with Gasteiger partial charge in [-0.15, -0.1) is 0 Å². The van der Waals surface area contributed by atoms with Crippen LogP contribution in [0.2, 0.25) is 0 Å². The van der Waals surface area contributed by atoms with Crippen molar-refractivity contribution in [3.05, 3.63) is 12.2 Å². The molecule has 1 fully saturated rings. The summed E-state index contributed by atoms with van der Waals surface area (Å²) in [6.07, 6.45) is 0. The Hall–Kier alpha value is -0.926. The summed E-state index contributed by atoms with van der Waals surface area (Å²) in [7, 11) is -1.93. The van der Waals surface area contributed by atoms with Crippen LogP contribution in [0.15, 0.2) is 12.2 Å². The van der Waals surface area contributed by atoms with E-state index in [1.807, 2.05) is 0 Å². The van der Waals surface area contributed by atoms with Gasteiger partial charge < -0.3 is 14.1 Å². The molecule has 0 bridgehead atoms. The fourth-order valence-corrected chi connectivity index (χ4v) is 2.51. The number of carbonyl (C=O) groups excluding carboxylic acids is 2. The van der Waals surface area contributed by atoms with Crippen molar-refractivity contribution in [2.75, 3.05) is 0 Å². The summed E-state index contributed by atoms with van der Waals surface area (Å²) in [5, 5.41) is 0. The maximum atomic E-state index is 10.9. The molecule has 1 heterocycles.